The van der Waals surface area contributed by atoms with Crippen LogP contribution in [0.3, 0.4) is 0 Å². The van der Waals surface area contributed by atoms with E-state index >= 15 is 0 Å². The minimum absolute atomic E-state index is 0.131. The molecular formula is C23H31N5O9. The van der Waals surface area contributed by atoms with Gasteiger partial charge in [0.25, 0.3) is 5.56 Å². The Balaban J connectivity index is 3.00. The third-order valence-electron chi connectivity index (χ3n) is 4.10. The number of amides is 2. The summed E-state index contributed by atoms with van der Waals surface area (Å²) in [6.07, 6.45) is -2.64. The molecule has 2 amide bonds. The van der Waals surface area contributed by atoms with E-state index in [9.17, 15) is 28.8 Å². The Hall–Kier alpha value is -4.10. The lowest BCUT2D eigenvalue weighted by molar-refractivity contribution is -0.108. The molecule has 0 saturated heterocycles. The van der Waals surface area contributed by atoms with Crippen LogP contribution in [-0.4, -0.2) is 60.5 Å². The lowest BCUT2D eigenvalue weighted by atomic mass is 10.2. The molecule has 0 aliphatic rings. The molecule has 0 aromatic carbocycles. The van der Waals surface area contributed by atoms with Crippen molar-refractivity contribution in [1.82, 2.24) is 19.1 Å². The summed E-state index contributed by atoms with van der Waals surface area (Å²) < 4.78 is 16.7. The van der Waals surface area contributed by atoms with E-state index in [1.807, 2.05) is 0 Å². The normalized spacial score (nSPS) is 12.1. The van der Waals surface area contributed by atoms with E-state index in [2.05, 4.69) is 9.97 Å². The van der Waals surface area contributed by atoms with Gasteiger partial charge in [0.15, 0.2) is 11.5 Å². The van der Waals surface area contributed by atoms with Crippen LogP contribution in [0.2, 0.25) is 0 Å². The van der Waals surface area contributed by atoms with Gasteiger partial charge >= 0.3 is 24.0 Å². The van der Waals surface area contributed by atoms with Crippen LogP contribution in [0, 0.1) is 0 Å². The Morgan fingerprint density at radius 1 is 0.865 bits per heavy atom. The fourth-order valence-corrected chi connectivity index (χ4v) is 2.91. The number of fused-ring (bicyclic) bond motifs is 1. The highest BCUT2D eigenvalue weighted by molar-refractivity contribution is 6.13. The lowest BCUT2D eigenvalue weighted by Crippen LogP contribution is -2.48. The fraction of sp³-hybridized carbons (Fsp3) is 0.565. The quantitative estimate of drug-likeness (QED) is 0.430. The van der Waals surface area contributed by atoms with Crippen molar-refractivity contribution in [3.63, 3.8) is 0 Å². The molecule has 2 aromatic rings. The van der Waals surface area contributed by atoms with Gasteiger partial charge in [-0.25, -0.2) is 29.1 Å². The number of imide groups is 1. The van der Waals surface area contributed by atoms with Gasteiger partial charge in [0.1, 0.15) is 34.8 Å². The lowest BCUT2D eigenvalue weighted by Gasteiger charge is -2.28. The van der Waals surface area contributed by atoms with Gasteiger partial charge in [-0.15, -0.1) is 0 Å². The smallest absolute Gasteiger partial charge is 0.425 e. The largest absolute Gasteiger partial charge is 0.443 e. The first kappa shape index (κ1) is 29.1. The maximum Gasteiger partial charge on any atom is 0.425 e. The summed E-state index contributed by atoms with van der Waals surface area (Å²) in [6, 6.07) is 0. The number of aromatic nitrogens is 4. The zero-order chi connectivity index (χ0) is 28.5. The van der Waals surface area contributed by atoms with Gasteiger partial charge in [0.2, 0.25) is 0 Å². The fourth-order valence-electron chi connectivity index (χ4n) is 2.91. The van der Waals surface area contributed by atoms with E-state index in [1.54, 1.807) is 41.5 Å². The van der Waals surface area contributed by atoms with Crippen LogP contribution in [0.25, 0.3) is 11.0 Å². The molecule has 0 saturated carbocycles. The second-order valence-corrected chi connectivity index (χ2v) is 10.9. The summed E-state index contributed by atoms with van der Waals surface area (Å²) in [7, 11) is 0. The number of ether oxygens (including phenoxy) is 3. The average Bonchev–Trinajstić information content (AvgIpc) is 2.67. The summed E-state index contributed by atoms with van der Waals surface area (Å²) in [4.78, 5) is 85.2. The molecule has 0 N–H and O–H groups in total. The van der Waals surface area contributed by atoms with Gasteiger partial charge in [-0.3, -0.25) is 9.36 Å². The monoisotopic (exact) mass is 521 g/mol. The van der Waals surface area contributed by atoms with E-state index in [0.717, 1.165) is 6.33 Å². The highest BCUT2D eigenvalue weighted by atomic mass is 16.6. The van der Waals surface area contributed by atoms with E-state index in [-0.39, 0.29) is 4.57 Å². The molecule has 2 aromatic heterocycles. The number of carbonyl (C=O) groups excluding carboxylic acids is 4. The number of aldehydes is 1. The van der Waals surface area contributed by atoms with E-state index in [0.29, 0.717) is 15.8 Å². The SMILES string of the molecule is CC(C)(C)OC(=O)N(C(=O)OC(C)(C)C)c1ncnc2c1c(=O)n(C(=O)OC(C)(C)C)c(=O)n2CC=O. The van der Waals surface area contributed by atoms with Crippen LogP contribution in [-0.2, 0) is 25.5 Å². The first-order valence-electron chi connectivity index (χ1n) is 11.2. The van der Waals surface area contributed by atoms with E-state index in [4.69, 9.17) is 14.2 Å². The molecule has 14 nitrogen and oxygen atoms in total. The van der Waals surface area contributed by atoms with Crippen LogP contribution in [0.5, 0.6) is 0 Å². The van der Waals surface area contributed by atoms with Crippen molar-refractivity contribution in [2.45, 2.75) is 85.7 Å². The molecule has 0 bridgehead atoms. The van der Waals surface area contributed by atoms with Crippen molar-refractivity contribution in [2.75, 3.05) is 4.90 Å². The van der Waals surface area contributed by atoms with Crippen LogP contribution >= 0.6 is 0 Å². The second-order valence-electron chi connectivity index (χ2n) is 10.9. The molecule has 0 aliphatic heterocycles. The van der Waals surface area contributed by atoms with Crippen LogP contribution < -0.4 is 16.1 Å². The molecule has 0 aliphatic carbocycles. The van der Waals surface area contributed by atoms with Crippen molar-refractivity contribution < 1.29 is 33.4 Å². The predicted molar refractivity (Wildman–Crippen MR) is 131 cm³/mol. The van der Waals surface area contributed by atoms with Crippen LogP contribution in [0.4, 0.5) is 20.2 Å². The predicted octanol–water partition coefficient (Wildman–Crippen LogP) is 2.61. The number of rotatable bonds is 3. The Morgan fingerprint density at radius 3 is 1.78 bits per heavy atom. The van der Waals surface area contributed by atoms with Crippen molar-refractivity contribution in [1.29, 1.82) is 0 Å². The maximum absolute atomic E-state index is 13.5. The molecule has 0 unspecified atom stereocenters. The molecule has 2 heterocycles. The molecule has 0 radical (unpaired) electrons. The number of nitrogens with zero attached hydrogens (tertiary/aromatic N) is 5. The molecule has 37 heavy (non-hydrogen) atoms. The zero-order valence-electron chi connectivity index (χ0n) is 22.3. The minimum Gasteiger partial charge on any atom is -0.443 e. The summed E-state index contributed by atoms with van der Waals surface area (Å²) in [5, 5.41) is -0.605. The van der Waals surface area contributed by atoms with E-state index < -0.39 is 69.7 Å². The Bertz CT molecular complexity index is 1330. The molecule has 0 atom stereocenters. The number of anilines is 1. The molecule has 202 valence electrons. The van der Waals surface area contributed by atoms with Gasteiger partial charge < -0.3 is 19.0 Å². The van der Waals surface area contributed by atoms with Gasteiger partial charge in [-0.05, 0) is 62.3 Å². The van der Waals surface area contributed by atoms with Gasteiger partial charge in [0.05, 0.1) is 6.54 Å². The number of carbonyl (C=O) groups is 4. The Kier molecular flexibility index (Phi) is 7.96. The highest BCUT2D eigenvalue weighted by Gasteiger charge is 2.37. The van der Waals surface area contributed by atoms with Crippen LogP contribution in [0.15, 0.2) is 15.9 Å². The average molecular weight is 522 g/mol. The van der Waals surface area contributed by atoms with Gasteiger partial charge in [-0.1, -0.05) is 0 Å². The maximum atomic E-state index is 13.5. The number of hydrogen-bond donors (Lipinski definition) is 0. The molecule has 0 spiro atoms. The van der Waals surface area contributed by atoms with Crippen molar-refractivity contribution in [3.8, 4) is 0 Å². The van der Waals surface area contributed by atoms with Gasteiger partial charge in [-0.2, -0.15) is 9.47 Å². The van der Waals surface area contributed by atoms with Crippen molar-refractivity contribution >= 4 is 41.4 Å². The van der Waals surface area contributed by atoms with Crippen LogP contribution in [0.1, 0.15) is 62.3 Å². The summed E-state index contributed by atoms with van der Waals surface area (Å²) in [5.74, 6) is -0.629. The van der Waals surface area contributed by atoms with Crippen molar-refractivity contribution in [2.24, 2.45) is 0 Å². The first-order valence-corrected chi connectivity index (χ1v) is 11.2. The standard InChI is InChI=1S/C23H31N5O9/c1-21(2,3)35-18(32)27(19(33)36-22(4,5)6)15-13-14(24-12-25-15)26(10-11-29)17(31)28(16(13)30)20(34)37-23(7,8)9/h11-12H,10H2,1-9H3. The highest BCUT2D eigenvalue weighted by Crippen LogP contribution is 2.24. The third kappa shape index (κ3) is 6.98. The summed E-state index contributed by atoms with van der Waals surface area (Å²) in [5.41, 5.74) is -6.16. The first-order chi connectivity index (χ1) is 16.8. The summed E-state index contributed by atoms with van der Waals surface area (Å²) in [6.45, 7) is 13.2. The third-order valence-corrected chi connectivity index (χ3v) is 4.10. The molecule has 2 rings (SSSR count). The molecular weight excluding hydrogens is 490 g/mol. The molecule has 0 fully saturated rings. The Labute approximate surface area is 212 Å². The topological polar surface area (TPSA) is 169 Å². The zero-order valence-corrected chi connectivity index (χ0v) is 22.3. The van der Waals surface area contributed by atoms with Gasteiger partial charge in [0, 0.05) is 0 Å². The minimum atomic E-state index is -1.35. The number of hydrogen-bond acceptors (Lipinski definition) is 11. The molecule has 14 heteroatoms. The van der Waals surface area contributed by atoms with Crippen molar-refractivity contribution in [3.05, 3.63) is 27.2 Å². The second kappa shape index (κ2) is 10.1. The summed E-state index contributed by atoms with van der Waals surface area (Å²) >= 11 is 0. The Morgan fingerprint density at radius 2 is 1.35 bits per heavy atom. The van der Waals surface area contributed by atoms with E-state index in [1.165, 1.54) is 20.8 Å².